The van der Waals surface area contributed by atoms with Crippen molar-refractivity contribution in [3.05, 3.63) is 29.6 Å². The molecule has 0 saturated heterocycles. The van der Waals surface area contributed by atoms with Gasteiger partial charge in [0.2, 0.25) is 0 Å². The van der Waals surface area contributed by atoms with E-state index in [1.54, 1.807) is 11.8 Å². The van der Waals surface area contributed by atoms with Crippen molar-refractivity contribution >= 4 is 17.4 Å². The minimum Gasteiger partial charge on any atom is -0.399 e. The summed E-state index contributed by atoms with van der Waals surface area (Å²) in [6, 6.07) is 5.71. The van der Waals surface area contributed by atoms with Gasteiger partial charge in [-0.05, 0) is 36.4 Å². The number of benzene rings is 1. The van der Waals surface area contributed by atoms with E-state index in [-0.39, 0.29) is 0 Å². The molecule has 1 aromatic heterocycles. The molecule has 90 valence electrons. The van der Waals surface area contributed by atoms with E-state index in [1.165, 1.54) is 0 Å². The Labute approximate surface area is 105 Å². The first-order valence-electron chi connectivity index (χ1n) is 5.47. The third kappa shape index (κ3) is 2.79. The largest absolute Gasteiger partial charge is 0.399 e. The molecule has 0 unspecified atom stereocenters. The van der Waals surface area contributed by atoms with Crippen molar-refractivity contribution in [2.75, 3.05) is 11.5 Å². The van der Waals surface area contributed by atoms with Gasteiger partial charge in [-0.1, -0.05) is 12.1 Å². The second kappa shape index (κ2) is 5.23. The average Bonchev–Trinajstić information content (AvgIpc) is 2.79. The molecule has 2 aromatic rings. The summed E-state index contributed by atoms with van der Waals surface area (Å²) in [5.41, 5.74) is 8.47. The summed E-state index contributed by atoms with van der Waals surface area (Å²) >= 11 is 1.77. The van der Waals surface area contributed by atoms with Crippen LogP contribution in [-0.4, -0.2) is 15.9 Å². The van der Waals surface area contributed by atoms with E-state index in [4.69, 9.17) is 10.3 Å². The summed E-state index contributed by atoms with van der Waals surface area (Å²) in [5, 5.41) is 3.94. The minimum absolute atomic E-state index is 0.555. The van der Waals surface area contributed by atoms with Gasteiger partial charge >= 0.3 is 0 Å². The van der Waals surface area contributed by atoms with Crippen LogP contribution in [0.5, 0.6) is 0 Å². The molecule has 0 bridgehead atoms. The maximum atomic E-state index is 5.77. The van der Waals surface area contributed by atoms with Gasteiger partial charge in [-0.3, -0.25) is 0 Å². The van der Waals surface area contributed by atoms with Crippen LogP contribution < -0.4 is 5.73 Å². The smallest absolute Gasteiger partial charge is 0.257 e. The zero-order chi connectivity index (χ0) is 12.3. The van der Waals surface area contributed by atoms with Gasteiger partial charge in [0, 0.05) is 11.3 Å². The number of nitrogens with two attached hydrogens (primary N) is 1. The highest BCUT2D eigenvalue weighted by molar-refractivity contribution is 7.98. The van der Waals surface area contributed by atoms with Crippen molar-refractivity contribution in [1.82, 2.24) is 10.1 Å². The van der Waals surface area contributed by atoms with E-state index in [0.717, 1.165) is 34.1 Å². The predicted molar refractivity (Wildman–Crippen MR) is 70.7 cm³/mol. The summed E-state index contributed by atoms with van der Waals surface area (Å²) in [6.07, 6.45) is 0. The lowest BCUT2D eigenvalue weighted by Gasteiger charge is -2.00. The van der Waals surface area contributed by atoms with E-state index in [9.17, 15) is 0 Å². The maximum absolute atomic E-state index is 5.77. The van der Waals surface area contributed by atoms with Gasteiger partial charge in [-0.15, -0.1) is 0 Å². The van der Waals surface area contributed by atoms with Crippen LogP contribution in [0.1, 0.15) is 18.3 Å². The molecule has 0 aliphatic carbocycles. The molecule has 2 N–H and O–H groups in total. The summed E-state index contributed by atoms with van der Waals surface area (Å²) < 4.78 is 5.23. The van der Waals surface area contributed by atoms with Gasteiger partial charge < -0.3 is 10.3 Å². The summed E-state index contributed by atoms with van der Waals surface area (Å²) in [5.74, 6) is 3.12. The highest BCUT2D eigenvalue weighted by Crippen LogP contribution is 2.22. The zero-order valence-corrected chi connectivity index (χ0v) is 10.8. The molecule has 4 nitrogen and oxygen atoms in total. The Morgan fingerprint density at radius 2 is 2.24 bits per heavy atom. The Balaban J connectivity index is 2.21. The highest BCUT2D eigenvalue weighted by atomic mass is 32.2. The average molecular weight is 249 g/mol. The van der Waals surface area contributed by atoms with Crippen LogP contribution in [0.15, 0.2) is 22.7 Å². The van der Waals surface area contributed by atoms with Crippen LogP contribution in [0.4, 0.5) is 5.69 Å². The van der Waals surface area contributed by atoms with E-state index in [2.05, 4.69) is 17.1 Å². The highest BCUT2D eigenvalue weighted by Gasteiger charge is 2.09. The molecule has 1 aromatic carbocycles. The van der Waals surface area contributed by atoms with Crippen molar-refractivity contribution in [2.45, 2.75) is 19.6 Å². The fourth-order valence-corrected chi connectivity index (χ4v) is 1.94. The fraction of sp³-hybridized carbons (Fsp3) is 0.333. The molecule has 0 radical (unpaired) electrons. The predicted octanol–water partition coefficient (Wildman–Crippen LogP) is 2.88. The molecule has 0 aliphatic heterocycles. The molecule has 0 aliphatic rings. The number of nitrogens with zero attached hydrogens (tertiary/aromatic N) is 2. The number of anilines is 1. The number of hydrogen-bond acceptors (Lipinski definition) is 5. The number of rotatable bonds is 4. The van der Waals surface area contributed by atoms with Gasteiger partial charge in [0.1, 0.15) is 0 Å². The molecule has 17 heavy (non-hydrogen) atoms. The third-order valence-corrected chi connectivity index (χ3v) is 3.29. The van der Waals surface area contributed by atoms with Crippen molar-refractivity contribution in [3.63, 3.8) is 0 Å². The first kappa shape index (κ1) is 12.0. The lowest BCUT2D eigenvalue weighted by molar-refractivity contribution is 0.425. The van der Waals surface area contributed by atoms with Gasteiger partial charge in [0.15, 0.2) is 5.82 Å². The Hall–Kier alpha value is -1.49. The molecule has 0 saturated carbocycles. The summed E-state index contributed by atoms with van der Waals surface area (Å²) in [7, 11) is 0. The number of thioether (sulfide) groups is 1. The Bertz CT molecular complexity index is 510. The molecule has 1 heterocycles. The van der Waals surface area contributed by atoms with Crippen molar-refractivity contribution < 1.29 is 4.52 Å². The first-order valence-corrected chi connectivity index (χ1v) is 6.63. The molecular formula is C12H15N3OS. The van der Waals surface area contributed by atoms with Crippen LogP contribution in [0, 0.1) is 6.92 Å². The van der Waals surface area contributed by atoms with Crippen LogP contribution in [-0.2, 0) is 5.75 Å². The van der Waals surface area contributed by atoms with Gasteiger partial charge in [-0.2, -0.15) is 16.7 Å². The minimum atomic E-state index is 0.555. The van der Waals surface area contributed by atoms with Gasteiger partial charge in [-0.25, -0.2) is 0 Å². The van der Waals surface area contributed by atoms with Crippen LogP contribution in [0.3, 0.4) is 0 Å². The van der Waals surface area contributed by atoms with Crippen molar-refractivity contribution in [3.8, 4) is 11.5 Å². The molecule has 0 atom stereocenters. The summed E-state index contributed by atoms with van der Waals surface area (Å²) in [6.45, 7) is 4.07. The quantitative estimate of drug-likeness (QED) is 0.844. The summed E-state index contributed by atoms with van der Waals surface area (Å²) in [4.78, 5) is 4.35. The van der Waals surface area contributed by atoms with Crippen LogP contribution >= 0.6 is 11.8 Å². The Morgan fingerprint density at radius 3 is 2.94 bits per heavy atom. The molecule has 0 fully saturated rings. The molecule has 0 spiro atoms. The zero-order valence-electron chi connectivity index (χ0n) is 9.93. The molecule has 0 amide bonds. The standard InChI is InChI=1S/C12H15N3OS/c1-3-17-7-11-14-12(16-15-11)9-4-5-10(13)8(2)6-9/h4-6H,3,7,13H2,1-2H3. The number of aromatic nitrogens is 2. The normalized spacial score (nSPS) is 10.7. The topological polar surface area (TPSA) is 64.9 Å². The third-order valence-electron chi connectivity index (χ3n) is 2.42. The van der Waals surface area contributed by atoms with Gasteiger partial charge in [0.25, 0.3) is 5.89 Å². The fourth-order valence-electron chi connectivity index (χ4n) is 1.43. The number of nitrogen functional groups attached to an aromatic ring is 1. The Kier molecular flexibility index (Phi) is 3.68. The molecular weight excluding hydrogens is 234 g/mol. The van der Waals surface area contributed by atoms with Crippen LogP contribution in [0.2, 0.25) is 0 Å². The molecule has 2 rings (SSSR count). The number of hydrogen-bond donors (Lipinski definition) is 1. The van der Waals surface area contributed by atoms with E-state index in [1.807, 2.05) is 25.1 Å². The SMILES string of the molecule is CCSCc1noc(-c2ccc(N)c(C)c2)n1. The molecule has 5 heteroatoms. The number of aryl methyl sites for hydroxylation is 1. The van der Waals surface area contributed by atoms with Crippen molar-refractivity contribution in [1.29, 1.82) is 0 Å². The van der Waals surface area contributed by atoms with Crippen molar-refractivity contribution in [2.24, 2.45) is 0 Å². The first-order chi connectivity index (χ1) is 8.20. The lowest BCUT2D eigenvalue weighted by atomic mass is 10.1. The second-order valence-corrected chi connectivity index (χ2v) is 5.00. The lowest BCUT2D eigenvalue weighted by Crippen LogP contribution is -1.90. The van der Waals surface area contributed by atoms with Gasteiger partial charge in [0.05, 0.1) is 5.75 Å². The maximum Gasteiger partial charge on any atom is 0.257 e. The van der Waals surface area contributed by atoms with E-state index in [0.29, 0.717) is 5.89 Å². The Morgan fingerprint density at radius 1 is 1.41 bits per heavy atom. The van der Waals surface area contributed by atoms with E-state index >= 15 is 0 Å². The monoisotopic (exact) mass is 249 g/mol. The second-order valence-electron chi connectivity index (χ2n) is 3.72. The van der Waals surface area contributed by atoms with E-state index < -0.39 is 0 Å². The van der Waals surface area contributed by atoms with Crippen LogP contribution in [0.25, 0.3) is 11.5 Å².